The number of nitrogens with one attached hydrogen (secondary N) is 1. The lowest BCUT2D eigenvalue weighted by Crippen LogP contribution is -2.17. The summed E-state index contributed by atoms with van der Waals surface area (Å²) in [5.74, 6) is 0.424. The minimum absolute atomic E-state index is 0.202. The Morgan fingerprint density at radius 3 is 2.35 bits per heavy atom. The molecule has 0 saturated heterocycles. The van der Waals surface area contributed by atoms with Crippen LogP contribution < -0.4 is 5.32 Å². The molecular weight excluding hydrogens is 446 g/mol. The minimum Gasteiger partial charge on any atom is -0.339 e. The SMILES string of the molecule is O=C(Nc1ccccc1Cc1nc(-c2cccs2)no1)c1ccccc1C(=O)c1ccccc1. The summed E-state index contributed by atoms with van der Waals surface area (Å²) in [6.07, 6.45) is 0.361. The summed E-state index contributed by atoms with van der Waals surface area (Å²) in [5, 5.41) is 8.96. The van der Waals surface area contributed by atoms with E-state index in [4.69, 9.17) is 4.52 Å². The first-order valence-electron chi connectivity index (χ1n) is 10.6. The van der Waals surface area contributed by atoms with Crippen molar-refractivity contribution in [3.8, 4) is 10.7 Å². The molecule has 5 rings (SSSR count). The number of amides is 1. The van der Waals surface area contributed by atoms with Gasteiger partial charge in [-0.05, 0) is 29.1 Å². The van der Waals surface area contributed by atoms with Crippen LogP contribution in [0.3, 0.4) is 0 Å². The van der Waals surface area contributed by atoms with Gasteiger partial charge in [-0.25, -0.2) is 0 Å². The largest absolute Gasteiger partial charge is 0.339 e. The van der Waals surface area contributed by atoms with Crippen molar-refractivity contribution < 1.29 is 14.1 Å². The molecule has 0 fully saturated rings. The molecule has 0 aliphatic heterocycles. The second-order valence-corrected chi connectivity index (χ2v) is 8.47. The molecule has 0 aliphatic rings. The number of thiophene rings is 1. The van der Waals surface area contributed by atoms with Gasteiger partial charge in [0.05, 0.1) is 16.9 Å². The molecular formula is C27H19N3O3S. The van der Waals surface area contributed by atoms with Gasteiger partial charge in [0.25, 0.3) is 5.91 Å². The Labute approximate surface area is 199 Å². The molecule has 7 heteroatoms. The van der Waals surface area contributed by atoms with Gasteiger partial charge in [0.1, 0.15) is 0 Å². The van der Waals surface area contributed by atoms with Crippen molar-refractivity contribution in [2.24, 2.45) is 0 Å². The van der Waals surface area contributed by atoms with Crippen LogP contribution in [0, 0.1) is 0 Å². The van der Waals surface area contributed by atoms with Crippen LogP contribution >= 0.6 is 11.3 Å². The summed E-state index contributed by atoms with van der Waals surface area (Å²) >= 11 is 1.54. The Kier molecular flexibility index (Phi) is 6.09. The van der Waals surface area contributed by atoms with Crippen molar-refractivity contribution in [3.05, 3.63) is 125 Å². The third kappa shape index (κ3) is 4.55. The zero-order valence-corrected chi connectivity index (χ0v) is 18.8. The third-order valence-electron chi connectivity index (χ3n) is 5.27. The Morgan fingerprint density at radius 1 is 0.824 bits per heavy atom. The van der Waals surface area contributed by atoms with Crippen molar-refractivity contribution in [1.29, 1.82) is 0 Å². The van der Waals surface area contributed by atoms with Gasteiger partial charge in [-0.15, -0.1) is 11.3 Å². The maximum absolute atomic E-state index is 13.2. The van der Waals surface area contributed by atoms with E-state index < -0.39 is 0 Å². The lowest BCUT2D eigenvalue weighted by atomic mass is 9.97. The highest BCUT2D eigenvalue weighted by molar-refractivity contribution is 7.13. The van der Waals surface area contributed by atoms with Gasteiger partial charge in [-0.2, -0.15) is 4.98 Å². The summed E-state index contributed by atoms with van der Waals surface area (Å²) in [4.78, 5) is 31.6. The lowest BCUT2D eigenvalue weighted by molar-refractivity contribution is 0.0996. The van der Waals surface area contributed by atoms with Crippen LogP contribution in [0.15, 0.2) is 101 Å². The fourth-order valence-electron chi connectivity index (χ4n) is 3.61. The highest BCUT2D eigenvalue weighted by Gasteiger charge is 2.19. The number of hydrogen-bond acceptors (Lipinski definition) is 6. The summed E-state index contributed by atoms with van der Waals surface area (Å²) in [5.41, 5.74) is 2.63. The molecule has 0 bridgehead atoms. The van der Waals surface area contributed by atoms with Crippen molar-refractivity contribution in [3.63, 3.8) is 0 Å². The maximum Gasteiger partial charge on any atom is 0.256 e. The van der Waals surface area contributed by atoms with Gasteiger partial charge in [0.15, 0.2) is 5.78 Å². The standard InChI is InChI=1S/C27H19N3O3S/c31-25(18-9-2-1-3-10-18)20-12-5-6-13-21(20)27(32)28-22-14-7-4-11-19(22)17-24-29-26(30-33-24)23-15-8-16-34-23/h1-16H,17H2,(H,28,32). The second-order valence-electron chi connectivity index (χ2n) is 7.52. The molecule has 0 atom stereocenters. The molecule has 0 radical (unpaired) electrons. The predicted octanol–water partition coefficient (Wildman–Crippen LogP) is 5.87. The average Bonchev–Trinajstić information content (AvgIpc) is 3.58. The Hall–Kier alpha value is -4.36. The number of nitrogens with zero attached hydrogens (tertiary/aromatic N) is 2. The van der Waals surface area contributed by atoms with E-state index in [2.05, 4.69) is 15.5 Å². The van der Waals surface area contributed by atoms with Crippen molar-refractivity contribution in [1.82, 2.24) is 10.1 Å². The van der Waals surface area contributed by atoms with E-state index in [1.807, 2.05) is 47.8 Å². The molecule has 0 unspecified atom stereocenters. The number of hydrogen-bond donors (Lipinski definition) is 1. The van der Waals surface area contributed by atoms with Gasteiger partial charge < -0.3 is 9.84 Å². The first-order chi connectivity index (χ1) is 16.7. The number of carbonyl (C=O) groups excluding carboxylic acids is 2. The summed E-state index contributed by atoms with van der Waals surface area (Å²) < 4.78 is 5.42. The molecule has 0 saturated carbocycles. The number of ketones is 1. The number of carbonyl (C=O) groups is 2. The van der Waals surface area contributed by atoms with Crippen LogP contribution in [0.1, 0.15) is 37.7 Å². The molecule has 2 aromatic heterocycles. The molecule has 166 valence electrons. The summed E-state index contributed by atoms with van der Waals surface area (Å²) in [7, 11) is 0. The summed E-state index contributed by atoms with van der Waals surface area (Å²) in [6.45, 7) is 0. The summed E-state index contributed by atoms with van der Waals surface area (Å²) in [6, 6.07) is 27.0. The van der Waals surface area contributed by atoms with E-state index in [9.17, 15) is 9.59 Å². The molecule has 0 aliphatic carbocycles. The zero-order chi connectivity index (χ0) is 23.3. The van der Waals surface area contributed by atoms with E-state index in [1.54, 1.807) is 48.5 Å². The first-order valence-corrected chi connectivity index (χ1v) is 11.5. The van der Waals surface area contributed by atoms with Crippen LogP contribution in [-0.2, 0) is 6.42 Å². The van der Waals surface area contributed by atoms with Gasteiger partial charge in [-0.1, -0.05) is 78.0 Å². The van der Waals surface area contributed by atoms with Crippen molar-refractivity contribution in [2.45, 2.75) is 6.42 Å². The Bertz CT molecular complexity index is 1440. The number of para-hydroxylation sites is 1. The van der Waals surface area contributed by atoms with E-state index >= 15 is 0 Å². The second kappa shape index (κ2) is 9.64. The van der Waals surface area contributed by atoms with Crippen molar-refractivity contribution >= 4 is 28.7 Å². The molecule has 3 aromatic carbocycles. The lowest BCUT2D eigenvalue weighted by Gasteiger charge is -2.12. The van der Waals surface area contributed by atoms with E-state index in [0.717, 1.165) is 10.4 Å². The molecule has 1 N–H and O–H groups in total. The first kappa shape index (κ1) is 21.5. The molecule has 34 heavy (non-hydrogen) atoms. The molecule has 1 amide bonds. The van der Waals surface area contributed by atoms with E-state index in [-0.39, 0.29) is 11.7 Å². The van der Waals surface area contributed by atoms with Crippen LogP contribution in [-0.4, -0.2) is 21.8 Å². The quantitative estimate of drug-likeness (QED) is 0.304. The van der Waals surface area contributed by atoms with Crippen molar-refractivity contribution in [2.75, 3.05) is 5.32 Å². The molecule has 5 aromatic rings. The normalized spacial score (nSPS) is 10.7. The van der Waals surface area contributed by atoms with Crippen LogP contribution in [0.25, 0.3) is 10.7 Å². The topological polar surface area (TPSA) is 85.1 Å². The molecule has 6 nitrogen and oxygen atoms in total. The van der Waals surface area contributed by atoms with Gasteiger partial charge >= 0.3 is 0 Å². The van der Waals surface area contributed by atoms with E-state index in [1.165, 1.54) is 11.3 Å². The fraction of sp³-hybridized carbons (Fsp3) is 0.0370. The number of anilines is 1. The smallest absolute Gasteiger partial charge is 0.256 e. The highest BCUT2D eigenvalue weighted by Crippen LogP contribution is 2.24. The molecule has 0 spiro atoms. The van der Waals surface area contributed by atoms with E-state index in [0.29, 0.717) is 40.5 Å². The van der Waals surface area contributed by atoms with Gasteiger partial charge in [0.2, 0.25) is 11.7 Å². The molecule has 2 heterocycles. The highest BCUT2D eigenvalue weighted by atomic mass is 32.1. The maximum atomic E-state index is 13.2. The Balaban J connectivity index is 1.38. The zero-order valence-electron chi connectivity index (χ0n) is 18.0. The third-order valence-corrected chi connectivity index (χ3v) is 6.13. The Morgan fingerprint density at radius 2 is 1.56 bits per heavy atom. The van der Waals surface area contributed by atoms with Crippen LogP contribution in [0.5, 0.6) is 0 Å². The predicted molar refractivity (Wildman–Crippen MR) is 131 cm³/mol. The number of aromatic nitrogens is 2. The van der Waals surface area contributed by atoms with Gasteiger partial charge in [-0.3, -0.25) is 9.59 Å². The number of benzene rings is 3. The minimum atomic E-state index is -0.364. The van der Waals surface area contributed by atoms with Crippen LogP contribution in [0.2, 0.25) is 0 Å². The average molecular weight is 466 g/mol. The number of rotatable bonds is 7. The van der Waals surface area contributed by atoms with Gasteiger partial charge in [0, 0.05) is 16.8 Å². The monoisotopic (exact) mass is 465 g/mol. The van der Waals surface area contributed by atoms with Crippen LogP contribution in [0.4, 0.5) is 5.69 Å². The fourth-order valence-corrected chi connectivity index (χ4v) is 4.25.